The third-order valence-electron chi connectivity index (χ3n) is 3.30. The van der Waals surface area contributed by atoms with E-state index >= 15 is 0 Å². The first kappa shape index (κ1) is 12.6. The third-order valence-corrected chi connectivity index (χ3v) is 3.30. The van der Waals surface area contributed by atoms with Crippen molar-refractivity contribution in [3.05, 3.63) is 42.4 Å². The molecular weight excluding hydrogens is 254 g/mol. The van der Waals surface area contributed by atoms with Gasteiger partial charge in [0.05, 0.1) is 24.8 Å². The molecule has 0 aliphatic carbocycles. The van der Waals surface area contributed by atoms with E-state index in [1.165, 1.54) is 0 Å². The van der Waals surface area contributed by atoms with Crippen LogP contribution in [0.1, 0.15) is 5.56 Å². The van der Waals surface area contributed by atoms with E-state index in [1.54, 1.807) is 24.5 Å². The van der Waals surface area contributed by atoms with Gasteiger partial charge in [-0.3, -0.25) is 4.68 Å². The number of hydrogen-bond donors (Lipinski definition) is 0. The fourth-order valence-corrected chi connectivity index (χ4v) is 2.38. The van der Waals surface area contributed by atoms with E-state index in [0.717, 1.165) is 12.4 Å². The van der Waals surface area contributed by atoms with Gasteiger partial charge in [-0.1, -0.05) is 0 Å². The van der Waals surface area contributed by atoms with Gasteiger partial charge in [-0.25, -0.2) is 4.98 Å². The molecule has 3 heterocycles. The van der Waals surface area contributed by atoms with E-state index in [4.69, 9.17) is 10.00 Å². The van der Waals surface area contributed by atoms with Gasteiger partial charge in [0.2, 0.25) is 0 Å². The van der Waals surface area contributed by atoms with E-state index in [0.29, 0.717) is 25.3 Å². The first-order chi connectivity index (χ1) is 9.86. The molecule has 6 heteroatoms. The second-order valence-corrected chi connectivity index (χ2v) is 4.65. The fourth-order valence-electron chi connectivity index (χ4n) is 2.38. The van der Waals surface area contributed by atoms with Gasteiger partial charge in [0.15, 0.2) is 0 Å². The van der Waals surface area contributed by atoms with Gasteiger partial charge in [-0.15, -0.1) is 0 Å². The molecule has 0 N–H and O–H groups in total. The molecule has 1 aliphatic heterocycles. The van der Waals surface area contributed by atoms with Crippen molar-refractivity contribution in [1.82, 2.24) is 14.8 Å². The fraction of sp³-hybridized carbons (Fsp3) is 0.357. The summed E-state index contributed by atoms with van der Waals surface area (Å²) in [6.45, 7) is 2.80. The van der Waals surface area contributed by atoms with Crippen LogP contribution in [-0.4, -0.2) is 40.6 Å². The van der Waals surface area contributed by atoms with Gasteiger partial charge in [-0.05, 0) is 18.2 Å². The number of nitrogens with zero attached hydrogens (tertiary/aromatic N) is 5. The molecule has 3 rings (SSSR count). The van der Waals surface area contributed by atoms with Crippen LogP contribution in [-0.2, 0) is 11.3 Å². The van der Waals surface area contributed by atoms with Crippen molar-refractivity contribution in [2.24, 2.45) is 0 Å². The van der Waals surface area contributed by atoms with Crippen molar-refractivity contribution in [3.63, 3.8) is 0 Å². The van der Waals surface area contributed by atoms with Gasteiger partial charge < -0.3 is 9.64 Å². The molecule has 1 aliphatic rings. The lowest BCUT2D eigenvalue weighted by atomic mass is 10.2. The second-order valence-electron chi connectivity index (χ2n) is 4.65. The number of pyridine rings is 1. The van der Waals surface area contributed by atoms with Gasteiger partial charge >= 0.3 is 0 Å². The second kappa shape index (κ2) is 5.72. The molecule has 0 aromatic carbocycles. The van der Waals surface area contributed by atoms with E-state index in [1.807, 2.05) is 16.9 Å². The average molecular weight is 269 g/mol. The van der Waals surface area contributed by atoms with Crippen LogP contribution < -0.4 is 4.90 Å². The number of rotatable bonds is 3. The van der Waals surface area contributed by atoms with Crippen molar-refractivity contribution >= 4 is 5.82 Å². The van der Waals surface area contributed by atoms with Gasteiger partial charge in [0.25, 0.3) is 0 Å². The highest BCUT2D eigenvalue weighted by molar-refractivity contribution is 5.53. The van der Waals surface area contributed by atoms with Crippen molar-refractivity contribution in [1.29, 1.82) is 5.26 Å². The third kappa shape index (κ3) is 2.63. The summed E-state index contributed by atoms with van der Waals surface area (Å²) in [7, 11) is 0. The van der Waals surface area contributed by atoms with Crippen LogP contribution in [0, 0.1) is 11.3 Å². The molecule has 0 radical (unpaired) electrons. The van der Waals surface area contributed by atoms with Crippen LogP contribution in [0.15, 0.2) is 36.8 Å². The van der Waals surface area contributed by atoms with Gasteiger partial charge in [-0.2, -0.15) is 10.4 Å². The molecule has 2 aromatic heterocycles. The Hall–Kier alpha value is -2.39. The lowest BCUT2D eigenvalue weighted by Crippen LogP contribution is -2.45. The molecule has 0 saturated carbocycles. The number of morpholine rings is 1. The van der Waals surface area contributed by atoms with E-state index in [-0.39, 0.29) is 6.10 Å². The lowest BCUT2D eigenvalue weighted by Gasteiger charge is -2.34. The van der Waals surface area contributed by atoms with Crippen LogP contribution in [0.2, 0.25) is 0 Å². The Morgan fingerprint density at radius 1 is 1.40 bits per heavy atom. The molecule has 20 heavy (non-hydrogen) atoms. The summed E-state index contributed by atoms with van der Waals surface area (Å²) in [5, 5.41) is 13.4. The van der Waals surface area contributed by atoms with Crippen molar-refractivity contribution in [3.8, 4) is 6.07 Å². The monoisotopic (exact) mass is 269 g/mol. The van der Waals surface area contributed by atoms with Crippen LogP contribution >= 0.6 is 0 Å². The van der Waals surface area contributed by atoms with Crippen molar-refractivity contribution in [2.75, 3.05) is 24.6 Å². The summed E-state index contributed by atoms with van der Waals surface area (Å²) in [5.41, 5.74) is 0.604. The van der Waals surface area contributed by atoms with Crippen molar-refractivity contribution < 1.29 is 4.74 Å². The maximum absolute atomic E-state index is 9.16. The minimum Gasteiger partial charge on any atom is -0.373 e. The summed E-state index contributed by atoms with van der Waals surface area (Å²) < 4.78 is 7.62. The first-order valence-electron chi connectivity index (χ1n) is 6.56. The van der Waals surface area contributed by atoms with Crippen LogP contribution in [0.25, 0.3) is 0 Å². The predicted octanol–water partition coefficient (Wildman–Crippen LogP) is 1.06. The first-order valence-corrected chi connectivity index (χ1v) is 6.56. The maximum atomic E-state index is 9.16. The zero-order chi connectivity index (χ0) is 13.8. The maximum Gasteiger partial charge on any atom is 0.146 e. The van der Waals surface area contributed by atoms with Crippen LogP contribution in [0.3, 0.4) is 0 Å². The Labute approximate surface area is 117 Å². The Morgan fingerprint density at radius 2 is 2.35 bits per heavy atom. The molecule has 0 amide bonds. The topological polar surface area (TPSA) is 67.0 Å². The minimum atomic E-state index is 0.0530. The Bertz CT molecular complexity index is 604. The molecule has 1 atom stereocenters. The summed E-state index contributed by atoms with van der Waals surface area (Å²) in [6.07, 6.45) is 5.45. The summed E-state index contributed by atoms with van der Waals surface area (Å²) in [6, 6.07) is 7.66. The molecule has 6 nitrogen and oxygen atoms in total. The molecule has 1 unspecified atom stereocenters. The lowest BCUT2D eigenvalue weighted by molar-refractivity contribution is 0.0272. The zero-order valence-corrected chi connectivity index (χ0v) is 11.0. The average Bonchev–Trinajstić information content (AvgIpc) is 3.00. The quantitative estimate of drug-likeness (QED) is 0.833. The van der Waals surface area contributed by atoms with Gasteiger partial charge in [0, 0.05) is 31.7 Å². The van der Waals surface area contributed by atoms with Crippen LogP contribution in [0.5, 0.6) is 0 Å². The largest absolute Gasteiger partial charge is 0.373 e. The molecule has 0 bridgehead atoms. The highest BCUT2D eigenvalue weighted by Crippen LogP contribution is 2.19. The highest BCUT2D eigenvalue weighted by Gasteiger charge is 2.23. The van der Waals surface area contributed by atoms with Crippen LogP contribution in [0.4, 0.5) is 5.82 Å². The normalized spacial score (nSPS) is 18.8. The van der Waals surface area contributed by atoms with E-state index in [9.17, 15) is 0 Å². The van der Waals surface area contributed by atoms with Crippen molar-refractivity contribution in [2.45, 2.75) is 12.6 Å². The van der Waals surface area contributed by atoms with E-state index in [2.05, 4.69) is 21.1 Å². The smallest absolute Gasteiger partial charge is 0.146 e. The van der Waals surface area contributed by atoms with Gasteiger partial charge in [0.1, 0.15) is 11.9 Å². The van der Waals surface area contributed by atoms with E-state index < -0.39 is 0 Å². The number of aromatic nitrogens is 3. The Kier molecular flexibility index (Phi) is 3.61. The molecular formula is C14H15N5O. The number of hydrogen-bond acceptors (Lipinski definition) is 5. The summed E-state index contributed by atoms with van der Waals surface area (Å²) in [5.74, 6) is 0.740. The number of nitriles is 1. The highest BCUT2D eigenvalue weighted by atomic mass is 16.5. The minimum absolute atomic E-state index is 0.0530. The Morgan fingerprint density at radius 3 is 3.15 bits per heavy atom. The SMILES string of the molecule is N#Cc1cccnc1N1CCOC(Cn2cccn2)C1. The Balaban J connectivity index is 1.73. The molecule has 0 spiro atoms. The summed E-state index contributed by atoms with van der Waals surface area (Å²) >= 11 is 0. The predicted molar refractivity (Wildman–Crippen MR) is 73.1 cm³/mol. The molecule has 2 aromatic rings. The molecule has 1 fully saturated rings. The number of ether oxygens (including phenoxy) is 1. The standard InChI is InChI=1S/C14H15N5O/c15-9-12-3-1-4-16-14(12)18-7-8-20-13(10-18)11-19-6-2-5-17-19/h1-6,13H,7-8,10-11H2. The summed E-state index contributed by atoms with van der Waals surface area (Å²) in [4.78, 5) is 6.44. The number of anilines is 1. The molecule has 1 saturated heterocycles. The zero-order valence-electron chi connectivity index (χ0n) is 11.0. The molecule has 102 valence electrons.